The van der Waals surface area contributed by atoms with Crippen LogP contribution in [0.25, 0.3) is 0 Å². The largest absolute Gasteiger partial charge is 0.299 e. The highest BCUT2D eigenvalue weighted by Gasteiger charge is 2.49. The molecule has 1 aliphatic carbocycles. The van der Waals surface area contributed by atoms with E-state index in [9.17, 15) is 4.79 Å². The van der Waals surface area contributed by atoms with E-state index in [1.54, 1.807) is 6.08 Å². The second-order valence-corrected chi connectivity index (χ2v) is 4.97. The van der Waals surface area contributed by atoms with Crippen molar-refractivity contribution >= 4 is 6.29 Å². The van der Waals surface area contributed by atoms with Crippen molar-refractivity contribution in [1.29, 1.82) is 0 Å². The first-order valence-electron chi connectivity index (χ1n) is 6.63. The summed E-state index contributed by atoms with van der Waals surface area (Å²) in [7, 11) is 0. The van der Waals surface area contributed by atoms with Crippen molar-refractivity contribution < 1.29 is 4.79 Å². The fraction of sp³-hybridized carbons (Fsp3) is 0.167. The van der Waals surface area contributed by atoms with Gasteiger partial charge in [-0.2, -0.15) is 0 Å². The molecule has 0 spiro atoms. The summed E-state index contributed by atoms with van der Waals surface area (Å²) in [5.74, 6) is 1.44. The van der Waals surface area contributed by atoms with Gasteiger partial charge in [0.1, 0.15) is 6.29 Å². The number of aldehydes is 1. The Morgan fingerprint density at radius 3 is 1.63 bits per heavy atom. The summed E-state index contributed by atoms with van der Waals surface area (Å²) in [6.45, 7) is 0. The maximum absolute atomic E-state index is 10.5. The fourth-order valence-corrected chi connectivity index (χ4v) is 2.96. The minimum Gasteiger partial charge on any atom is -0.299 e. The van der Waals surface area contributed by atoms with Gasteiger partial charge in [-0.25, -0.2) is 0 Å². The SMILES string of the molecule is O=C/C=C/C1C(c2ccccc2)C1c1ccccc1. The van der Waals surface area contributed by atoms with E-state index in [4.69, 9.17) is 0 Å². The van der Waals surface area contributed by atoms with Crippen molar-refractivity contribution in [3.05, 3.63) is 83.9 Å². The van der Waals surface area contributed by atoms with E-state index in [2.05, 4.69) is 48.5 Å². The molecule has 0 bridgehead atoms. The Bertz CT molecular complexity index is 526. The summed E-state index contributed by atoms with van der Waals surface area (Å²) >= 11 is 0. The molecule has 1 aliphatic rings. The molecule has 0 aromatic heterocycles. The van der Waals surface area contributed by atoms with Crippen LogP contribution < -0.4 is 0 Å². The Kier molecular flexibility index (Phi) is 3.28. The minimum atomic E-state index is 0.440. The van der Waals surface area contributed by atoms with Gasteiger partial charge in [0.05, 0.1) is 0 Å². The van der Waals surface area contributed by atoms with Crippen LogP contribution in [0.3, 0.4) is 0 Å². The highest BCUT2D eigenvalue weighted by atomic mass is 16.1. The Balaban J connectivity index is 1.90. The second kappa shape index (κ2) is 5.23. The molecular weight excluding hydrogens is 232 g/mol. The normalized spacial score (nSPS) is 25.4. The van der Waals surface area contributed by atoms with E-state index < -0.39 is 0 Å². The third-order valence-electron chi connectivity index (χ3n) is 3.86. The van der Waals surface area contributed by atoms with E-state index in [-0.39, 0.29) is 0 Å². The van der Waals surface area contributed by atoms with Crippen LogP contribution >= 0.6 is 0 Å². The standard InChI is InChI=1S/C18H16O/c19-13-7-12-16-17(14-8-3-1-4-9-14)18(16)15-10-5-2-6-11-15/h1-13,16-18H/b12-7+. The van der Waals surface area contributed by atoms with Crippen LogP contribution in [0.4, 0.5) is 0 Å². The van der Waals surface area contributed by atoms with Gasteiger partial charge in [-0.05, 0) is 35.0 Å². The van der Waals surface area contributed by atoms with Crippen LogP contribution in [0.1, 0.15) is 23.0 Å². The number of benzene rings is 2. The van der Waals surface area contributed by atoms with Crippen LogP contribution in [-0.4, -0.2) is 6.29 Å². The van der Waals surface area contributed by atoms with Gasteiger partial charge in [-0.3, -0.25) is 4.79 Å². The summed E-state index contributed by atoms with van der Waals surface area (Å²) in [6.07, 6.45) is 4.54. The lowest BCUT2D eigenvalue weighted by Crippen LogP contribution is -1.82. The molecule has 19 heavy (non-hydrogen) atoms. The molecule has 2 atom stereocenters. The average molecular weight is 248 g/mol. The van der Waals surface area contributed by atoms with Crippen LogP contribution in [0.5, 0.6) is 0 Å². The zero-order valence-electron chi connectivity index (χ0n) is 10.6. The topological polar surface area (TPSA) is 17.1 Å². The Morgan fingerprint density at radius 2 is 1.21 bits per heavy atom. The van der Waals surface area contributed by atoms with E-state index in [0.29, 0.717) is 17.8 Å². The number of hydrogen-bond acceptors (Lipinski definition) is 1. The summed E-state index contributed by atoms with van der Waals surface area (Å²) in [5, 5.41) is 0. The lowest BCUT2D eigenvalue weighted by atomic mass is 10.0. The molecule has 0 radical (unpaired) electrons. The molecule has 94 valence electrons. The molecule has 3 rings (SSSR count). The first-order valence-corrected chi connectivity index (χ1v) is 6.63. The van der Waals surface area contributed by atoms with Crippen molar-refractivity contribution in [2.24, 2.45) is 5.92 Å². The highest BCUT2D eigenvalue weighted by molar-refractivity contribution is 5.65. The number of hydrogen-bond donors (Lipinski definition) is 0. The lowest BCUT2D eigenvalue weighted by Gasteiger charge is -2.00. The van der Waals surface area contributed by atoms with Crippen LogP contribution in [0.15, 0.2) is 72.8 Å². The Morgan fingerprint density at radius 1 is 0.737 bits per heavy atom. The molecule has 0 amide bonds. The Labute approximate surface area is 113 Å². The third kappa shape index (κ3) is 2.37. The quantitative estimate of drug-likeness (QED) is 0.591. The van der Waals surface area contributed by atoms with Gasteiger partial charge >= 0.3 is 0 Å². The van der Waals surface area contributed by atoms with E-state index in [1.807, 2.05) is 18.2 Å². The monoisotopic (exact) mass is 248 g/mol. The molecule has 0 aliphatic heterocycles. The molecule has 1 saturated carbocycles. The van der Waals surface area contributed by atoms with Gasteiger partial charge in [-0.15, -0.1) is 0 Å². The number of rotatable bonds is 4. The molecule has 2 aromatic carbocycles. The molecule has 0 N–H and O–H groups in total. The predicted molar refractivity (Wildman–Crippen MR) is 77.1 cm³/mol. The van der Waals surface area contributed by atoms with Gasteiger partial charge in [0.15, 0.2) is 0 Å². The molecule has 1 nitrogen and oxygen atoms in total. The van der Waals surface area contributed by atoms with Gasteiger partial charge in [-0.1, -0.05) is 66.7 Å². The number of allylic oxidation sites excluding steroid dienone is 2. The lowest BCUT2D eigenvalue weighted by molar-refractivity contribution is -0.104. The molecule has 0 saturated heterocycles. The zero-order chi connectivity index (χ0) is 13.1. The summed E-state index contributed by atoms with van der Waals surface area (Å²) in [4.78, 5) is 10.5. The zero-order valence-corrected chi connectivity index (χ0v) is 10.6. The molecule has 0 heterocycles. The summed E-state index contributed by atoms with van der Waals surface area (Å²) in [5.41, 5.74) is 2.72. The Hall–Kier alpha value is -2.15. The first-order chi connectivity index (χ1) is 9.42. The maximum atomic E-state index is 10.5. The third-order valence-corrected chi connectivity index (χ3v) is 3.86. The molecule has 1 heteroatoms. The van der Waals surface area contributed by atoms with Crippen molar-refractivity contribution in [2.45, 2.75) is 11.8 Å². The highest BCUT2D eigenvalue weighted by Crippen LogP contribution is 2.61. The van der Waals surface area contributed by atoms with E-state index in [1.165, 1.54) is 11.1 Å². The second-order valence-electron chi connectivity index (χ2n) is 4.97. The van der Waals surface area contributed by atoms with Crippen molar-refractivity contribution in [2.75, 3.05) is 0 Å². The predicted octanol–water partition coefficient (Wildman–Crippen LogP) is 3.94. The minimum absolute atomic E-state index is 0.440. The number of carbonyl (C=O) groups excluding carboxylic acids is 1. The first kappa shape index (κ1) is 11.9. The van der Waals surface area contributed by atoms with Crippen molar-refractivity contribution in [3.63, 3.8) is 0 Å². The maximum Gasteiger partial charge on any atom is 0.142 e. The summed E-state index contributed by atoms with van der Waals surface area (Å²) < 4.78 is 0. The van der Waals surface area contributed by atoms with Gasteiger partial charge in [0, 0.05) is 0 Å². The van der Waals surface area contributed by atoms with Crippen molar-refractivity contribution in [3.8, 4) is 0 Å². The summed E-state index contributed by atoms with van der Waals surface area (Å²) in [6, 6.07) is 21.1. The molecule has 1 fully saturated rings. The van der Waals surface area contributed by atoms with Crippen LogP contribution in [0, 0.1) is 5.92 Å². The molecule has 2 aromatic rings. The fourth-order valence-electron chi connectivity index (χ4n) is 2.96. The van der Waals surface area contributed by atoms with Crippen LogP contribution in [-0.2, 0) is 4.79 Å². The number of carbonyl (C=O) groups is 1. The van der Waals surface area contributed by atoms with E-state index in [0.717, 1.165) is 6.29 Å². The van der Waals surface area contributed by atoms with Gasteiger partial charge < -0.3 is 0 Å². The molecule has 2 unspecified atom stereocenters. The van der Waals surface area contributed by atoms with E-state index >= 15 is 0 Å². The van der Waals surface area contributed by atoms with Crippen LogP contribution in [0.2, 0.25) is 0 Å². The van der Waals surface area contributed by atoms with Gasteiger partial charge in [0.25, 0.3) is 0 Å². The smallest absolute Gasteiger partial charge is 0.142 e. The van der Waals surface area contributed by atoms with Crippen molar-refractivity contribution in [1.82, 2.24) is 0 Å². The average Bonchev–Trinajstić information content (AvgIpc) is 3.21. The molecular formula is C18H16O. The van der Waals surface area contributed by atoms with Gasteiger partial charge in [0.2, 0.25) is 0 Å².